The molecular formula is C13H25N3O3. The molecule has 19 heavy (non-hydrogen) atoms. The fraction of sp³-hybridized carbons (Fsp3) is 0.846. The van der Waals surface area contributed by atoms with Crippen LogP contribution < -0.4 is 11.1 Å². The van der Waals surface area contributed by atoms with Gasteiger partial charge >= 0.3 is 0 Å². The minimum absolute atomic E-state index is 0.0386. The molecule has 0 bridgehead atoms. The number of hydrogen-bond acceptors (Lipinski definition) is 4. The van der Waals surface area contributed by atoms with Gasteiger partial charge in [-0.1, -0.05) is 0 Å². The largest absolute Gasteiger partial charge is 0.380 e. The Morgan fingerprint density at radius 3 is 2.53 bits per heavy atom. The van der Waals surface area contributed by atoms with Crippen molar-refractivity contribution in [1.29, 1.82) is 0 Å². The van der Waals surface area contributed by atoms with Crippen LogP contribution in [0.5, 0.6) is 0 Å². The fourth-order valence-electron chi connectivity index (χ4n) is 2.30. The van der Waals surface area contributed by atoms with Crippen molar-refractivity contribution in [2.75, 3.05) is 33.3 Å². The molecule has 3 N–H and O–H groups in total. The van der Waals surface area contributed by atoms with Crippen molar-refractivity contribution in [3.8, 4) is 0 Å². The number of piperidine rings is 1. The zero-order valence-corrected chi connectivity index (χ0v) is 11.9. The summed E-state index contributed by atoms with van der Waals surface area (Å²) < 4.78 is 5.12. The molecule has 6 heteroatoms. The maximum absolute atomic E-state index is 12.0. The maximum atomic E-state index is 12.0. The monoisotopic (exact) mass is 271 g/mol. The summed E-state index contributed by atoms with van der Waals surface area (Å²) in [4.78, 5) is 25.5. The number of nitrogens with two attached hydrogens (primary N) is 1. The highest BCUT2D eigenvalue weighted by Gasteiger charge is 2.27. The predicted molar refractivity (Wildman–Crippen MR) is 72.5 cm³/mol. The topological polar surface area (TPSA) is 84.7 Å². The Morgan fingerprint density at radius 1 is 1.42 bits per heavy atom. The van der Waals surface area contributed by atoms with Crippen molar-refractivity contribution in [3.05, 3.63) is 0 Å². The number of amides is 2. The molecule has 0 radical (unpaired) electrons. The number of ether oxygens (including phenoxy) is 1. The SMILES string of the molecule is CCNC(=O)C1CCN(C(=O)CC(CN)OC)CC1. The smallest absolute Gasteiger partial charge is 0.225 e. The van der Waals surface area contributed by atoms with Crippen molar-refractivity contribution >= 4 is 11.8 Å². The fourth-order valence-corrected chi connectivity index (χ4v) is 2.30. The van der Waals surface area contributed by atoms with Gasteiger partial charge in [-0.15, -0.1) is 0 Å². The number of nitrogens with zero attached hydrogens (tertiary/aromatic N) is 1. The van der Waals surface area contributed by atoms with Crippen molar-refractivity contribution in [1.82, 2.24) is 10.2 Å². The molecule has 1 atom stereocenters. The molecule has 1 saturated heterocycles. The molecule has 0 aromatic heterocycles. The normalized spacial score (nSPS) is 18.2. The van der Waals surface area contributed by atoms with Gasteiger partial charge in [-0.3, -0.25) is 9.59 Å². The van der Waals surface area contributed by atoms with Gasteiger partial charge in [0.15, 0.2) is 0 Å². The molecule has 1 unspecified atom stereocenters. The van der Waals surface area contributed by atoms with E-state index in [1.807, 2.05) is 6.92 Å². The van der Waals surface area contributed by atoms with Crippen molar-refractivity contribution in [3.63, 3.8) is 0 Å². The van der Waals surface area contributed by atoms with Crippen LogP contribution in [0, 0.1) is 5.92 Å². The summed E-state index contributed by atoms with van der Waals surface area (Å²) in [6.07, 6.45) is 1.57. The van der Waals surface area contributed by atoms with E-state index in [1.54, 1.807) is 12.0 Å². The van der Waals surface area contributed by atoms with Gasteiger partial charge in [-0.2, -0.15) is 0 Å². The van der Waals surface area contributed by atoms with Crippen LogP contribution in [0.15, 0.2) is 0 Å². The minimum Gasteiger partial charge on any atom is -0.380 e. The molecule has 0 aromatic carbocycles. The lowest BCUT2D eigenvalue weighted by Crippen LogP contribution is -2.44. The number of nitrogens with one attached hydrogen (secondary N) is 1. The van der Waals surface area contributed by atoms with Gasteiger partial charge in [0.2, 0.25) is 11.8 Å². The molecular weight excluding hydrogens is 246 g/mol. The lowest BCUT2D eigenvalue weighted by Gasteiger charge is -2.32. The minimum atomic E-state index is -0.214. The Morgan fingerprint density at radius 2 is 2.05 bits per heavy atom. The number of rotatable bonds is 6. The van der Waals surface area contributed by atoms with Crippen LogP contribution in [0.4, 0.5) is 0 Å². The van der Waals surface area contributed by atoms with Crippen LogP contribution in [-0.2, 0) is 14.3 Å². The molecule has 1 aliphatic rings. The van der Waals surface area contributed by atoms with E-state index in [4.69, 9.17) is 10.5 Å². The number of likely N-dealkylation sites (tertiary alicyclic amines) is 1. The molecule has 0 saturated carbocycles. The van der Waals surface area contributed by atoms with Gasteiger partial charge in [-0.05, 0) is 19.8 Å². The predicted octanol–water partition coefficient (Wildman–Crippen LogP) is -0.275. The molecule has 6 nitrogen and oxygen atoms in total. The average Bonchev–Trinajstić information content (AvgIpc) is 2.45. The third kappa shape index (κ3) is 4.80. The van der Waals surface area contributed by atoms with E-state index >= 15 is 0 Å². The molecule has 0 aromatic rings. The van der Waals surface area contributed by atoms with Crippen LogP contribution in [0.25, 0.3) is 0 Å². The Kier molecular flexibility index (Phi) is 6.80. The van der Waals surface area contributed by atoms with Crippen molar-refractivity contribution in [2.24, 2.45) is 11.7 Å². The lowest BCUT2D eigenvalue weighted by atomic mass is 9.95. The Bertz CT molecular complexity index is 298. The summed E-state index contributed by atoms with van der Waals surface area (Å²) in [5, 5.41) is 2.83. The summed E-state index contributed by atoms with van der Waals surface area (Å²) in [5.41, 5.74) is 5.51. The highest BCUT2D eigenvalue weighted by Crippen LogP contribution is 2.18. The second-order valence-corrected chi connectivity index (χ2v) is 4.85. The van der Waals surface area contributed by atoms with Gasteiger partial charge in [-0.25, -0.2) is 0 Å². The summed E-state index contributed by atoms with van der Waals surface area (Å²) in [6, 6.07) is 0. The van der Waals surface area contributed by atoms with E-state index in [2.05, 4.69) is 5.32 Å². The van der Waals surface area contributed by atoms with E-state index < -0.39 is 0 Å². The molecule has 2 amide bonds. The van der Waals surface area contributed by atoms with E-state index in [0.29, 0.717) is 32.6 Å². The van der Waals surface area contributed by atoms with Gasteiger partial charge < -0.3 is 20.7 Å². The standard InChI is InChI=1S/C13H25N3O3/c1-3-15-13(18)10-4-6-16(7-5-10)12(17)8-11(9-14)19-2/h10-11H,3-9,14H2,1-2H3,(H,15,18). The third-order valence-electron chi connectivity index (χ3n) is 3.57. The highest BCUT2D eigenvalue weighted by atomic mass is 16.5. The Balaban J connectivity index is 2.36. The summed E-state index contributed by atoms with van der Waals surface area (Å²) in [7, 11) is 1.56. The summed E-state index contributed by atoms with van der Waals surface area (Å²) in [6.45, 7) is 4.19. The third-order valence-corrected chi connectivity index (χ3v) is 3.57. The second-order valence-electron chi connectivity index (χ2n) is 4.85. The molecule has 1 fully saturated rings. The lowest BCUT2D eigenvalue weighted by molar-refractivity contribution is -0.137. The highest BCUT2D eigenvalue weighted by molar-refractivity contribution is 5.80. The average molecular weight is 271 g/mol. The van der Waals surface area contributed by atoms with E-state index in [1.165, 1.54) is 0 Å². The molecule has 0 spiro atoms. The van der Waals surface area contributed by atoms with Gasteiger partial charge in [0.05, 0.1) is 12.5 Å². The molecule has 1 heterocycles. The van der Waals surface area contributed by atoms with Crippen LogP contribution in [0.3, 0.4) is 0 Å². The molecule has 0 aliphatic carbocycles. The summed E-state index contributed by atoms with van der Waals surface area (Å²) in [5.74, 6) is 0.203. The first-order valence-corrected chi connectivity index (χ1v) is 6.90. The van der Waals surface area contributed by atoms with E-state index in [0.717, 1.165) is 12.8 Å². The number of carbonyl (C=O) groups excluding carboxylic acids is 2. The van der Waals surface area contributed by atoms with Gasteiger partial charge in [0.25, 0.3) is 0 Å². The molecule has 1 rings (SSSR count). The second kappa shape index (κ2) is 8.12. The van der Waals surface area contributed by atoms with Crippen molar-refractivity contribution < 1.29 is 14.3 Å². The first-order chi connectivity index (χ1) is 9.12. The number of carbonyl (C=O) groups is 2. The first kappa shape index (κ1) is 15.9. The molecule has 1 aliphatic heterocycles. The zero-order chi connectivity index (χ0) is 14.3. The van der Waals surface area contributed by atoms with Crippen LogP contribution in [0.1, 0.15) is 26.2 Å². The molecule has 110 valence electrons. The quantitative estimate of drug-likeness (QED) is 0.696. The van der Waals surface area contributed by atoms with E-state index in [9.17, 15) is 9.59 Å². The van der Waals surface area contributed by atoms with Gasteiger partial charge in [0, 0.05) is 39.2 Å². The number of hydrogen-bond donors (Lipinski definition) is 2. The zero-order valence-electron chi connectivity index (χ0n) is 11.9. The Labute approximate surface area is 114 Å². The Hall–Kier alpha value is -1.14. The van der Waals surface area contributed by atoms with Crippen molar-refractivity contribution in [2.45, 2.75) is 32.3 Å². The van der Waals surface area contributed by atoms with Gasteiger partial charge in [0.1, 0.15) is 0 Å². The van der Waals surface area contributed by atoms with Crippen LogP contribution >= 0.6 is 0 Å². The first-order valence-electron chi connectivity index (χ1n) is 6.90. The number of methoxy groups -OCH3 is 1. The van der Waals surface area contributed by atoms with Crippen LogP contribution in [-0.4, -0.2) is 56.1 Å². The summed E-state index contributed by atoms with van der Waals surface area (Å²) >= 11 is 0. The van der Waals surface area contributed by atoms with Crippen LogP contribution in [0.2, 0.25) is 0 Å². The maximum Gasteiger partial charge on any atom is 0.225 e. The van der Waals surface area contributed by atoms with E-state index in [-0.39, 0.29) is 23.8 Å².